The molecule has 2 N–H and O–H groups in total. The van der Waals surface area contributed by atoms with Crippen molar-refractivity contribution in [2.45, 2.75) is 0 Å². The number of rotatable bonds is 2. The molecule has 0 spiro atoms. The number of carbonyl (C=O) groups is 2. The maximum Gasteiger partial charge on any atom is 0.253 e. The molecule has 0 aliphatic heterocycles. The van der Waals surface area contributed by atoms with Gasteiger partial charge in [-0.1, -0.05) is 48.5 Å². The van der Waals surface area contributed by atoms with E-state index >= 15 is 0 Å². The van der Waals surface area contributed by atoms with Crippen LogP contribution in [0.4, 0.5) is 0 Å². The quantitative estimate of drug-likeness (QED) is 0.135. The smallest absolute Gasteiger partial charge is 0.253 e. The van der Waals surface area contributed by atoms with Gasteiger partial charge in [-0.15, -0.1) is 0 Å². The highest BCUT2D eigenvalue weighted by Crippen LogP contribution is 2.42. The van der Waals surface area contributed by atoms with Crippen LogP contribution in [-0.2, 0) is 0 Å². The molecule has 0 aliphatic carbocycles. The van der Waals surface area contributed by atoms with Crippen molar-refractivity contribution in [3.8, 4) is 0 Å². The first-order valence-corrected chi connectivity index (χ1v) is 9.56. The zero-order valence-electron chi connectivity index (χ0n) is 15.8. The van der Waals surface area contributed by atoms with E-state index in [2.05, 4.69) is 37.7 Å². The van der Waals surface area contributed by atoms with Gasteiger partial charge >= 0.3 is 0 Å². The van der Waals surface area contributed by atoms with Crippen molar-refractivity contribution in [2.75, 3.05) is 0 Å². The molecule has 0 amide bonds. The van der Waals surface area contributed by atoms with E-state index in [9.17, 15) is 9.59 Å². The second kappa shape index (κ2) is 8.57. The van der Waals surface area contributed by atoms with E-state index in [1.165, 1.54) is 5.39 Å². The lowest BCUT2D eigenvalue weighted by molar-refractivity contribution is 0.107. The van der Waals surface area contributed by atoms with Crippen molar-refractivity contribution in [3.05, 3.63) is 71.8 Å². The zero-order valence-corrected chi connectivity index (χ0v) is 17.3. The molecule has 0 fully saturated rings. The Balaban J connectivity index is 0.000000606. The van der Waals surface area contributed by atoms with Crippen molar-refractivity contribution in [1.82, 2.24) is 0 Å². The molecule has 30 heavy (non-hydrogen) atoms. The van der Waals surface area contributed by atoms with Gasteiger partial charge in [0.25, 0.3) is 10.5 Å². The lowest BCUT2D eigenvalue weighted by atomic mass is 9.87. The van der Waals surface area contributed by atoms with Crippen molar-refractivity contribution in [3.63, 3.8) is 0 Å². The molecule has 5 rings (SSSR count). The Labute approximate surface area is 182 Å². The molecule has 0 saturated heterocycles. The lowest BCUT2D eigenvalue weighted by Gasteiger charge is -2.16. The Morgan fingerprint density at radius 2 is 0.967 bits per heavy atom. The minimum Gasteiger partial charge on any atom is -0.317 e. The number of hydrogen-bond donors (Lipinski definition) is 2. The number of halogens is 2. The van der Waals surface area contributed by atoms with Crippen LogP contribution in [0, 0.1) is 10.8 Å². The molecule has 5 aromatic rings. The highest BCUT2D eigenvalue weighted by atomic mass is 35.5. The van der Waals surface area contributed by atoms with Gasteiger partial charge < -0.3 is 10.8 Å². The van der Waals surface area contributed by atoms with Crippen LogP contribution in [-0.4, -0.2) is 23.9 Å². The van der Waals surface area contributed by atoms with E-state index in [1.54, 1.807) is 12.1 Å². The normalized spacial score (nSPS) is 10.5. The van der Waals surface area contributed by atoms with Gasteiger partial charge in [0, 0.05) is 16.5 Å². The number of hydrogen-bond acceptors (Lipinski definition) is 4. The number of benzene rings is 5. The summed E-state index contributed by atoms with van der Waals surface area (Å²) in [6.07, 6.45) is 0. The molecule has 0 aliphatic rings. The SMILES string of the molecule is C=N.C=N.O=C(Cl)c1ccc2c3cccc4cccc(c5ccc(C(=O)Cl)c1c25)c43. The van der Waals surface area contributed by atoms with E-state index in [0.29, 0.717) is 16.5 Å². The highest BCUT2D eigenvalue weighted by Gasteiger charge is 2.20. The van der Waals surface area contributed by atoms with E-state index in [-0.39, 0.29) is 0 Å². The van der Waals surface area contributed by atoms with Gasteiger partial charge in [-0.3, -0.25) is 9.59 Å². The fourth-order valence-corrected chi connectivity index (χ4v) is 4.38. The van der Waals surface area contributed by atoms with E-state index in [4.69, 9.17) is 34.0 Å². The first kappa shape index (κ1) is 21.4. The summed E-state index contributed by atoms with van der Waals surface area (Å²) < 4.78 is 0. The van der Waals surface area contributed by atoms with Crippen LogP contribution < -0.4 is 0 Å². The third-order valence-electron chi connectivity index (χ3n) is 5.07. The first-order chi connectivity index (χ1) is 14.6. The standard InChI is InChI=1S/C22H10Cl2O2.2CH3N/c23-21(25)16-9-7-14-12-5-1-3-11-4-2-6-13(18(11)12)15-8-10-17(22(24)26)20(16)19(14)15;2*1-2/h1-10H;2*2H,1H2. The van der Waals surface area contributed by atoms with Gasteiger partial charge in [0.15, 0.2) is 0 Å². The van der Waals surface area contributed by atoms with E-state index in [0.717, 1.165) is 32.3 Å². The average molecular weight is 435 g/mol. The van der Waals surface area contributed by atoms with Crippen LogP contribution in [0.25, 0.3) is 43.1 Å². The predicted molar refractivity (Wildman–Crippen MR) is 128 cm³/mol. The summed E-state index contributed by atoms with van der Waals surface area (Å²) in [6, 6.07) is 19.4. The topological polar surface area (TPSA) is 81.8 Å². The molecular formula is C24H16Cl2N2O2. The summed E-state index contributed by atoms with van der Waals surface area (Å²) in [5.74, 6) is 0. The summed E-state index contributed by atoms with van der Waals surface area (Å²) in [5.41, 5.74) is 0.589. The van der Waals surface area contributed by atoms with Crippen LogP contribution in [0.5, 0.6) is 0 Å². The van der Waals surface area contributed by atoms with Gasteiger partial charge in [0.1, 0.15) is 0 Å². The summed E-state index contributed by atoms with van der Waals surface area (Å²) >= 11 is 11.6. The van der Waals surface area contributed by atoms with Gasteiger partial charge in [0.05, 0.1) is 0 Å². The predicted octanol–water partition coefficient (Wildman–Crippen LogP) is 7.03. The monoisotopic (exact) mass is 434 g/mol. The number of carbonyl (C=O) groups excluding carboxylic acids is 2. The molecule has 0 heterocycles. The zero-order chi connectivity index (χ0) is 22.0. The lowest BCUT2D eigenvalue weighted by Crippen LogP contribution is -2.00. The van der Waals surface area contributed by atoms with Crippen LogP contribution in [0.15, 0.2) is 60.7 Å². The average Bonchev–Trinajstić information content (AvgIpc) is 2.79. The maximum atomic E-state index is 12.0. The highest BCUT2D eigenvalue weighted by molar-refractivity contribution is 6.71. The Morgan fingerprint density at radius 1 is 0.567 bits per heavy atom. The first-order valence-electron chi connectivity index (χ1n) is 8.80. The maximum absolute atomic E-state index is 12.0. The van der Waals surface area contributed by atoms with Crippen molar-refractivity contribution >= 4 is 90.2 Å². The molecule has 0 bridgehead atoms. The van der Waals surface area contributed by atoms with Crippen molar-refractivity contribution in [2.24, 2.45) is 0 Å². The second-order valence-electron chi connectivity index (χ2n) is 6.33. The molecule has 4 nitrogen and oxygen atoms in total. The largest absolute Gasteiger partial charge is 0.317 e. The molecule has 5 aromatic carbocycles. The number of nitrogens with one attached hydrogen (secondary N) is 2. The molecule has 0 saturated carbocycles. The number of fused-ring (bicyclic) bond motifs is 2. The minimum absolute atomic E-state index is 0.294. The van der Waals surface area contributed by atoms with Gasteiger partial charge in [-0.2, -0.15) is 0 Å². The Morgan fingerprint density at radius 3 is 1.37 bits per heavy atom. The summed E-state index contributed by atoms with van der Waals surface area (Å²) in [6.45, 7) is 5.00. The fraction of sp³-hybridized carbons (Fsp3) is 0. The Hall–Kier alpha value is -3.34. The Bertz CT molecular complexity index is 1330. The summed E-state index contributed by atoms with van der Waals surface area (Å²) in [4.78, 5) is 24.0. The van der Waals surface area contributed by atoms with Crippen LogP contribution in [0.2, 0.25) is 0 Å². The molecule has 148 valence electrons. The summed E-state index contributed by atoms with van der Waals surface area (Å²) in [7, 11) is 0. The summed E-state index contributed by atoms with van der Waals surface area (Å²) in [5, 5.41) is 17.6. The van der Waals surface area contributed by atoms with Gasteiger partial charge in [0.2, 0.25) is 0 Å². The molecule has 0 radical (unpaired) electrons. The molecule has 0 unspecified atom stereocenters. The van der Waals surface area contributed by atoms with Gasteiger partial charge in [-0.25, -0.2) is 0 Å². The Kier molecular flexibility index (Phi) is 6.11. The van der Waals surface area contributed by atoms with Crippen molar-refractivity contribution < 1.29 is 9.59 Å². The van der Waals surface area contributed by atoms with E-state index < -0.39 is 10.5 Å². The minimum atomic E-state index is -0.607. The van der Waals surface area contributed by atoms with Crippen LogP contribution in [0.1, 0.15) is 20.7 Å². The van der Waals surface area contributed by atoms with Gasteiger partial charge in [-0.05, 0) is 86.5 Å². The van der Waals surface area contributed by atoms with E-state index in [1.807, 2.05) is 24.3 Å². The fourth-order valence-electron chi connectivity index (χ4n) is 4.06. The molecular weight excluding hydrogens is 419 g/mol. The third kappa shape index (κ3) is 3.11. The van der Waals surface area contributed by atoms with Crippen LogP contribution >= 0.6 is 23.2 Å². The molecule has 6 heteroatoms. The van der Waals surface area contributed by atoms with Crippen LogP contribution in [0.3, 0.4) is 0 Å². The molecule has 0 atom stereocenters. The second-order valence-corrected chi connectivity index (χ2v) is 7.01. The third-order valence-corrected chi connectivity index (χ3v) is 5.48. The van der Waals surface area contributed by atoms with Crippen molar-refractivity contribution in [1.29, 1.82) is 10.8 Å². The molecule has 0 aromatic heterocycles.